The maximum absolute atomic E-state index is 12.8. The average Bonchev–Trinajstić information content (AvgIpc) is 3.90. The number of benzene rings is 3. The summed E-state index contributed by atoms with van der Waals surface area (Å²) in [6, 6.07) is 14.3. The van der Waals surface area contributed by atoms with E-state index < -0.39 is 51.7 Å². The summed E-state index contributed by atoms with van der Waals surface area (Å²) < 4.78 is 75.5. The summed E-state index contributed by atoms with van der Waals surface area (Å²) in [6.07, 6.45) is 2.58. The van der Waals surface area contributed by atoms with Crippen molar-refractivity contribution in [2.24, 2.45) is 0 Å². The summed E-state index contributed by atoms with van der Waals surface area (Å²) in [7, 11) is 0. The molecule has 2 aliphatic carbocycles. The molecule has 0 atom stereocenters. The molecule has 0 spiro atoms. The molecular weight excluding hydrogens is 689 g/mol. The predicted molar refractivity (Wildman–Crippen MR) is 150 cm³/mol. The van der Waals surface area contributed by atoms with E-state index in [1.165, 1.54) is 18.2 Å². The van der Waals surface area contributed by atoms with Gasteiger partial charge in [-0.25, -0.2) is 26.3 Å². The number of nitriles is 2. The maximum Gasteiger partial charge on any atom is 1.00 e. The SMILES string of the molecule is ClCCBr.N#CC1(c2ccc(F)c(F)c2)CC1.N#CCc1ccc(F)c(F)c1.O=C(O)C1(c2ccc(F)c(F)c2)CC1.[Na+].[OH-]. The van der Waals surface area contributed by atoms with Crippen LogP contribution in [0.15, 0.2) is 54.6 Å². The topological polar surface area (TPSA) is 115 Å². The fourth-order valence-electron chi connectivity index (χ4n) is 3.67. The van der Waals surface area contributed by atoms with Gasteiger partial charge in [0.25, 0.3) is 0 Å². The summed E-state index contributed by atoms with van der Waals surface area (Å²) in [6.45, 7) is 0. The largest absolute Gasteiger partial charge is 1.00 e. The molecule has 0 saturated heterocycles. The van der Waals surface area contributed by atoms with Crippen LogP contribution in [0, 0.1) is 57.6 Å². The van der Waals surface area contributed by atoms with Crippen LogP contribution in [0.5, 0.6) is 0 Å². The van der Waals surface area contributed by atoms with Gasteiger partial charge in [0, 0.05) is 11.2 Å². The van der Waals surface area contributed by atoms with E-state index in [2.05, 4.69) is 22.0 Å². The minimum Gasteiger partial charge on any atom is -0.870 e. The van der Waals surface area contributed by atoms with Crippen LogP contribution < -0.4 is 29.6 Å². The number of hydrogen-bond acceptors (Lipinski definition) is 4. The van der Waals surface area contributed by atoms with Gasteiger partial charge in [0.2, 0.25) is 0 Å². The van der Waals surface area contributed by atoms with E-state index in [0.717, 1.165) is 54.6 Å². The molecule has 2 N–H and O–H groups in total. The van der Waals surface area contributed by atoms with Gasteiger partial charge < -0.3 is 10.6 Å². The molecule has 0 heterocycles. The summed E-state index contributed by atoms with van der Waals surface area (Å²) >= 11 is 8.26. The van der Waals surface area contributed by atoms with Crippen LogP contribution in [0.1, 0.15) is 42.4 Å². The number of carboxylic acid groups (broad SMARTS) is 1. The number of nitrogens with zero attached hydrogens (tertiary/aromatic N) is 2. The molecule has 2 fully saturated rings. The third-order valence-electron chi connectivity index (χ3n) is 6.41. The molecule has 2 aliphatic rings. The Balaban J connectivity index is 0.000000585. The molecule has 0 bridgehead atoms. The fraction of sp³-hybridized carbons (Fsp3) is 0.300. The van der Waals surface area contributed by atoms with Gasteiger partial charge >= 0.3 is 35.5 Å². The van der Waals surface area contributed by atoms with Gasteiger partial charge in [-0.05, 0) is 78.8 Å². The van der Waals surface area contributed by atoms with E-state index in [4.69, 9.17) is 27.2 Å². The van der Waals surface area contributed by atoms with Crippen molar-refractivity contribution in [1.82, 2.24) is 0 Å². The van der Waals surface area contributed by atoms with Gasteiger partial charge in [-0.1, -0.05) is 34.1 Å². The molecule has 14 heteroatoms. The van der Waals surface area contributed by atoms with Crippen LogP contribution >= 0.6 is 27.5 Å². The molecule has 3 aromatic rings. The van der Waals surface area contributed by atoms with Gasteiger partial charge in [0.1, 0.15) is 0 Å². The zero-order valence-corrected chi connectivity index (χ0v) is 27.7. The third kappa shape index (κ3) is 11.4. The fourth-order valence-corrected chi connectivity index (χ4v) is 3.67. The first-order valence-electron chi connectivity index (χ1n) is 12.4. The zero-order chi connectivity index (χ0) is 31.5. The number of aliphatic carboxylic acids is 1. The quantitative estimate of drug-likeness (QED) is 0.225. The van der Waals surface area contributed by atoms with E-state index in [9.17, 15) is 31.1 Å². The van der Waals surface area contributed by atoms with Crippen molar-refractivity contribution in [2.75, 3.05) is 11.2 Å². The summed E-state index contributed by atoms with van der Waals surface area (Å²) in [4.78, 5) is 10.9. The first-order chi connectivity index (χ1) is 19.9. The summed E-state index contributed by atoms with van der Waals surface area (Å²) in [5, 5.41) is 26.8. The van der Waals surface area contributed by atoms with E-state index in [1.807, 2.05) is 6.07 Å². The van der Waals surface area contributed by atoms with Crippen molar-refractivity contribution in [2.45, 2.75) is 42.9 Å². The van der Waals surface area contributed by atoms with E-state index >= 15 is 0 Å². The Bertz CT molecular complexity index is 1490. The van der Waals surface area contributed by atoms with Crippen LogP contribution in [0.3, 0.4) is 0 Å². The van der Waals surface area contributed by atoms with Crippen molar-refractivity contribution >= 4 is 33.5 Å². The predicted octanol–water partition coefficient (Wildman–Crippen LogP) is 5.08. The number of rotatable bonds is 5. The van der Waals surface area contributed by atoms with Gasteiger partial charge in [0.15, 0.2) is 34.9 Å². The first kappa shape index (κ1) is 41.4. The average molecular weight is 714 g/mol. The minimum absolute atomic E-state index is 0. The second kappa shape index (κ2) is 19.1. The molecule has 44 heavy (non-hydrogen) atoms. The number of halogens is 8. The molecule has 230 valence electrons. The van der Waals surface area contributed by atoms with Crippen LogP contribution in [0.25, 0.3) is 0 Å². The van der Waals surface area contributed by atoms with Crippen LogP contribution in [-0.2, 0) is 22.0 Å². The van der Waals surface area contributed by atoms with Gasteiger partial charge in [-0.15, -0.1) is 11.6 Å². The molecule has 0 amide bonds. The van der Waals surface area contributed by atoms with Crippen molar-refractivity contribution in [3.63, 3.8) is 0 Å². The standard InChI is InChI=1S/C10H7F2N.C10H8F2O2.C8H5F2N.C2H4BrCl.Na.H2O/c11-8-2-1-7(5-9(8)12)10(6-13)3-4-10;11-7-2-1-6(5-8(7)12)10(3-4-10)9(13)14;9-7-2-1-6(3-4-11)5-8(7)10;3-1-2-4;;/h1-2,5H,3-4H2;1-2,5H,3-4H2,(H,13,14);1-2,5H,3H2;1-2H2;;1H2/q;;;;+1;/p-1. The van der Waals surface area contributed by atoms with Crippen LogP contribution in [-0.4, -0.2) is 27.8 Å². The Morgan fingerprint density at radius 1 is 0.795 bits per heavy atom. The molecule has 0 unspecified atom stereocenters. The Morgan fingerprint density at radius 3 is 1.57 bits per heavy atom. The number of carbonyl (C=O) groups is 1. The van der Waals surface area contributed by atoms with Gasteiger partial charge in [-0.3, -0.25) is 4.79 Å². The van der Waals surface area contributed by atoms with Crippen molar-refractivity contribution in [3.05, 3.63) is 106 Å². The molecule has 3 aromatic carbocycles. The smallest absolute Gasteiger partial charge is 0.870 e. The number of carboxylic acids is 1. The number of hydrogen-bond donors (Lipinski definition) is 1. The first-order valence-corrected chi connectivity index (χ1v) is 14.0. The normalized spacial score (nSPS) is 14.0. The molecular formula is C30H25BrClF6N2NaO3. The zero-order valence-electron chi connectivity index (χ0n) is 23.4. The second-order valence-electron chi connectivity index (χ2n) is 9.30. The summed E-state index contributed by atoms with van der Waals surface area (Å²) in [5.74, 6) is -5.73. The Kier molecular flexibility index (Phi) is 17.9. The van der Waals surface area contributed by atoms with Gasteiger partial charge in [-0.2, -0.15) is 10.5 Å². The van der Waals surface area contributed by atoms with E-state index in [1.54, 1.807) is 0 Å². The Morgan fingerprint density at radius 2 is 1.23 bits per heavy atom. The van der Waals surface area contributed by atoms with E-state index in [-0.39, 0.29) is 41.5 Å². The van der Waals surface area contributed by atoms with Crippen LogP contribution in [0.4, 0.5) is 26.3 Å². The molecule has 5 nitrogen and oxygen atoms in total. The van der Waals surface area contributed by atoms with Crippen molar-refractivity contribution in [1.29, 1.82) is 10.5 Å². The molecule has 2 saturated carbocycles. The van der Waals surface area contributed by atoms with Crippen molar-refractivity contribution < 1.29 is 71.3 Å². The number of alkyl halides is 2. The van der Waals surface area contributed by atoms with Gasteiger partial charge in [0.05, 0.1) is 29.4 Å². The Hall–Kier alpha value is -2.58. The third-order valence-corrected chi connectivity index (χ3v) is 7.45. The summed E-state index contributed by atoms with van der Waals surface area (Å²) in [5.41, 5.74) is -0.0625. The Labute approximate surface area is 286 Å². The molecule has 0 aliphatic heterocycles. The second-order valence-corrected chi connectivity index (χ2v) is 10.5. The molecule has 0 radical (unpaired) electrons. The monoisotopic (exact) mass is 712 g/mol. The minimum atomic E-state index is -0.991. The van der Waals surface area contributed by atoms with E-state index in [0.29, 0.717) is 35.4 Å². The molecule has 5 rings (SSSR count). The maximum atomic E-state index is 12.8. The molecule has 0 aromatic heterocycles. The van der Waals surface area contributed by atoms with Crippen molar-refractivity contribution in [3.8, 4) is 12.1 Å². The van der Waals surface area contributed by atoms with Crippen LogP contribution in [0.2, 0.25) is 0 Å².